The van der Waals surface area contributed by atoms with Gasteiger partial charge >= 0.3 is 17.8 Å². The molecular weight excluding hydrogens is 601 g/mol. The Hall–Kier alpha value is -3.57. The number of ether oxygens (including phenoxy) is 3. The fraction of sp³-hybridized carbons (Fsp3) is 0.543. The molecule has 4 N–H and O–H groups in total. The van der Waals surface area contributed by atoms with E-state index in [0.29, 0.717) is 22.3 Å². The van der Waals surface area contributed by atoms with E-state index < -0.39 is 53.4 Å². The van der Waals surface area contributed by atoms with Crippen molar-refractivity contribution in [2.45, 2.75) is 90.9 Å². The molecule has 0 fully saturated rings. The number of unbranched alkanes of at least 4 members (excludes halogenated alkanes) is 2. The topological polar surface area (TPSA) is 127 Å². The number of alkyl halides is 3. The number of methoxy groups -OCH3 is 1. The van der Waals surface area contributed by atoms with E-state index in [-0.39, 0.29) is 17.8 Å². The molecule has 254 valence electrons. The van der Waals surface area contributed by atoms with Gasteiger partial charge in [0, 0.05) is 28.1 Å². The summed E-state index contributed by atoms with van der Waals surface area (Å²) in [6.07, 6.45) is -0.482. The number of hydrogen-bond donors (Lipinski definition) is 2. The molecule has 0 aliphatic rings. The van der Waals surface area contributed by atoms with E-state index in [1.807, 2.05) is 18.2 Å². The van der Waals surface area contributed by atoms with Crippen molar-refractivity contribution < 1.29 is 36.6 Å². The predicted octanol–water partition coefficient (Wildman–Crippen LogP) is 7.17. The highest BCUT2D eigenvalue weighted by atomic mass is 19.4. The molecule has 1 heterocycles. The number of benzene rings is 2. The number of hydrogen-bond acceptors (Lipinski definition) is 8. The van der Waals surface area contributed by atoms with E-state index in [1.165, 1.54) is 19.2 Å². The van der Waals surface area contributed by atoms with E-state index in [9.17, 15) is 22.8 Å². The van der Waals surface area contributed by atoms with Crippen LogP contribution in [0.15, 0.2) is 51.7 Å². The molecule has 2 aromatic carbocycles. The Morgan fingerprint density at radius 1 is 0.935 bits per heavy atom. The summed E-state index contributed by atoms with van der Waals surface area (Å²) in [6.45, 7) is 7.79. The maximum Gasteiger partial charge on any atom is 0.400 e. The lowest BCUT2D eigenvalue weighted by Crippen LogP contribution is -2.51. The Balaban J connectivity index is 1.81. The van der Waals surface area contributed by atoms with Crippen molar-refractivity contribution in [3.63, 3.8) is 0 Å². The molecule has 46 heavy (non-hydrogen) atoms. The van der Waals surface area contributed by atoms with Crippen LogP contribution in [0.25, 0.3) is 22.1 Å². The molecule has 3 rings (SSSR count). The largest absolute Gasteiger partial charge is 0.496 e. The zero-order chi connectivity index (χ0) is 34.5. The van der Waals surface area contributed by atoms with Gasteiger partial charge in [0.2, 0.25) is 0 Å². The average molecular weight is 649 g/mol. The second-order valence-corrected chi connectivity index (χ2v) is 13.7. The Labute approximate surface area is 268 Å². The smallest absolute Gasteiger partial charge is 0.400 e. The van der Waals surface area contributed by atoms with E-state index in [2.05, 4.69) is 6.92 Å². The highest BCUT2D eigenvalue weighted by Crippen LogP contribution is 2.40. The third-order valence-electron chi connectivity index (χ3n) is 8.02. The third kappa shape index (κ3) is 9.48. The molecule has 0 aliphatic heterocycles. The molecule has 2 unspecified atom stereocenters. The monoisotopic (exact) mass is 648 g/mol. The maximum atomic E-state index is 14.3. The molecule has 0 spiro atoms. The second-order valence-electron chi connectivity index (χ2n) is 13.7. The van der Waals surface area contributed by atoms with Crippen molar-refractivity contribution in [3.8, 4) is 22.6 Å². The minimum absolute atomic E-state index is 0.0464. The van der Waals surface area contributed by atoms with Gasteiger partial charge in [0.25, 0.3) is 0 Å². The molecule has 0 radical (unpaired) electrons. The number of aryl methyl sites for hydroxylation is 1. The summed E-state index contributed by atoms with van der Waals surface area (Å²) in [5, 5.41) is 0.543. The number of carbonyl (C=O) groups is 1. The van der Waals surface area contributed by atoms with Crippen LogP contribution in [0.1, 0.15) is 72.8 Å². The van der Waals surface area contributed by atoms with Gasteiger partial charge in [0.1, 0.15) is 35.7 Å². The van der Waals surface area contributed by atoms with Gasteiger partial charge in [-0.2, -0.15) is 13.2 Å². The lowest BCUT2D eigenvalue weighted by atomic mass is 9.79. The van der Waals surface area contributed by atoms with Crippen molar-refractivity contribution in [1.82, 2.24) is 0 Å². The van der Waals surface area contributed by atoms with Crippen molar-refractivity contribution in [2.24, 2.45) is 22.8 Å². The second kappa shape index (κ2) is 14.5. The van der Waals surface area contributed by atoms with Crippen LogP contribution in [0.5, 0.6) is 11.5 Å². The SMILES string of the molecule is CCCCCc1ccc(-c2cc3ccc(OCC(C)(COC(=O)C(CC(C)(C)N)C(C)(C)N)C(F)(F)F)cc3oc2=O)c(OC)c1. The van der Waals surface area contributed by atoms with Gasteiger partial charge in [0.05, 0.1) is 18.6 Å². The molecule has 2 atom stereocenters. The first-order valence-corrected chi connectivity index (χ1v) is 15.5. The molecule has 0 aliphatic carbocycles. The Morgan fingerprint density at radius 3 is 2.22 bits per heavy atom. The fourth-order valence-electron chi connectivity index (χ4n) is 5.02. The van der Waals surface area contributed by atoms with Gasteiger partial charge in [-0.05, 0) is 83.7 Å². The van der Waals surface area contributed by atoms with Crippen LogP contribution in [0.2, 0.25) is 0 Å². The molecule has 0 bridgehead atoms. The first-order valence-electron chi connectivity index (χ1n) is 15.5. The summed E-state index contributed by atoms with van der Waals surface area (Å²) in [5.74, 6) is -1.21. The predicted molar refractivity (Wildman–Crippen MR) is 173 cm³/mol. The van der Waals surface area contributed by atoms with Crippen LogP contribution in [0.4, 0.5) is 13.2 Å². The van der Waals surface area contributed by atoms with Crippen LogP contribution in [0, 0.1) is 11.3 Å². The normalized spacial score (nSPS) is 14.5. The first-order chi connectivity index (χ1) is 21.3. The molecule has 1 aromatic heterocycles. The summed E-state index contributed by atoms with van der Waals surface area (Å²) in [7, 11) is 1.54. The van der Waals surface area contributed by atoms with Gasteiger partial charge in [-0.1, -0.05) is 31.9 Å². The standard InChI is InChI=1S/C35H47F3N2O6/c1-8-9-10-11-22-12-15-25(29(16-22)43-7)26-17-23-13-14-24(18-28(23)46-30(26)41)44-20-34(6,35(36,37)38)21-45-31(42)27(33(4,5)40)19-32(2,3)39/h12-18,27H,8-11,19-21,39-40H2,1-7H3. The minimum atomic E-state index is -4.78. The van der Waals surface area contributed by atoms with Crippen molar-refractivity contribution in [2.75, 3.05) is 20.3 Å². The minimum Gasteiger partial charge on any atom is -0.496 e. The highest BCUT2D eigenvalue weighted by Gasteiger charge is 2.53. The van der Waals surface area contributed by atoms with Crippen molar-refractivity contribution in [1.29, 1.82) is 0 Å². The summed E-state index contributed by atoms with van der Waals surface area (Å²) >= 11 is 0. The van der Waals surface area contributed by atoms with Gasteiger partial charge in [-0.25, -0.2) is 4.79 Å². The molecule has 11 heteroatoms. The molecule has 8 nitrogen and oxygen atoms in total. The van der Waals surface area contributed by atoms with Crippen LogP contribution < -0.4 is 26.6 Å². The Morgan fingerprint density at radius 2 is 1.63 bits per heavy atom. The number of esters is 1. The highest BCUT2D eigenvalue weighted by molar-refractivity contribution is 5.84. The lowest BCUT2D eigenvalue weighted by molar-refractivity contribution is -0.241. The fourth-order valence-corrected chi connectivity index (χ4v) is 5.02. The maximum absolute atomic E-state index is 14.3. The van der Waals surface area contributed by atoms with Gasteiger partial charge < -0.3 is 30.1 Å². The summed E-state index contributed by atoms with van der Waals surface area (Å²) in [4.78, 5) is 26.0. The van der Waals surface area contributed by atoms with Gasteiger partial charge in [0.15, 0.2) is 0 Å². The molecule has 0 saturated heterocycles. The van der Waals surface area contributed by atoms with E-state index in [1.54, 1.807) is 39.8 Å². The number of rotatable bonds is 15. The molecule has 0 saturated carbocycles. The van der Waals surface area contributed by atoms with Crippen molar-refractivity contribution >= 4 is 16.9 Å². The summed E-state index contributed by atoms with van der Waals surface area (Å²) in [5.41, 5.74) is 9.26. The van der Waals surface area contributed by atoms with E-state index in [4.69, 9.17) is 30.1 Å². The van der Waals surface area contributed by atoms with Crippen LogP contribution in [-0.2, 0) is 16.0 Å². The van der Waals surface area contributed by atoms with Crippen LogP contribution >= 0.6 is 0 Å². The van der Waals surface area contributed by atoms with E-state index >= 15 is 0 Å². The quantitative estimate of drug-likeness (QED) is 0.101. The third-order valence-corrected chi connectivity index (χ3v) is 8.02. The Bertz CT molecular complexity index is 1560. The van der Waals surface area contributed by atoms with Crippen LogP contribution in [0.3, 0.4) is 0 Å². The zero-order valence-electron chi connectivity index (χ0n) is 27.8. The molecule has 3 aromatic rings. The summed E-state index contributed by atoms with van der Waals surface area (Å²) < 4.78 is 64.7. The van der Waals surface area contributed by atoms with Gasteiger partial charge in [-0.3, -0.25) is 4.79 Å². The van der Waals surface area contributed by atoms with Crippen LogP contribution in [-0.4, -0.2) is 43.5 Å². The zero-order valence-corrected chi connectivity index (χ0v) is 27.8. The molecular formula is C35H47F3N2O6. The lowest BCUT2D eigenvalue weighted by Gasteiger charge is -2.35. The average Bonchev–Trinajstić information content (AvgIpc) is 2.95. The number of carbonyl (C=O) groups excluding carboxylic acids is 1. The number of nitrogens with two attached hydrogens (primary N) is 2. The summed E-state index contributed by atoms with van der Waals surface area (Å²) in [6, 6.07) is 11.8. The molecule has 0 amide bonds. The van der Waals surface area contributed by atoms with Gasteiger partial charge in [-0.15, -0.1) is 0 Å². The number of fused-ring (bicyclic) bond motifs is 1. The van der Waals surface area contributed by atoms with Crippen molar-refractivity contribution in [3.05, 3.63) is 58.4 Å². The van der Waals surface area contributed by atoms with E-state index in [0.717, 1.165) is 38.2 Å². The number of halogens is 3. The first kappa shape index (κ1) is 36.9. The Kier molecular flexibility index (Phi) is 11.6.